The zero-order valence-corrected chi connectivity index (χ0v) is 19.6. The Morgan fingerprint density at radius 3 is 2.43 bits per heavy atom. The first kappa shape index (κ1) is 21.2. The van der Waals surface area contributed by atoms with E-state index >= 15 is 0 Å². The molecule has 4 nitrogen and oxygen atoms in total. The molecule has 0 aromatic rings. The summed E-state index contributed by atoms with van der Waals surface area (Å²) in [5.41, 5.74) is -0.451. The van der Waals surface area contributed by atoms with Crippen molar-refractivity contribution in [2.45, 2.75) is 103 Å². The zero-order chi connectivity index (χ0) is 21.5. The molecule has 0 radical (unpaired) electrons. The van der Waals surface area contributed by atoms with E-state index in [0.29, 0.717) is 34.9 Å². The summed E-state index contributed by atoms with van der Waals surface area (Å²) in [6.07, 6.45) is 9.25. The Bertz CT molecular complexity index is 759. The molecule has 0 unspecified atom stereocenters. The lowest BCUT2D eigenvalue weighted by molar-refractivity contribution is -0.177. The van der Waals surface area contributed by atoms with E-state index in [9.17, 15) is 9.59 Å². The summed E-state index contributed by atoms with van der Waals surface area (Å²) in [7, 11) is -0.318. The lowest BCUT2D eigenvalue weighted by Gasteiger charge is -2.61. The maximum Gasteiger partial charge on any atom is 0.463 e. The van der Waals surface area contributed by atoms with Crippen LogP contribution in [-0.2, 0) is 18.9 Å². The number of ketones is 2. The van der Waals surface area contributed by atoms with E-state index in [0.717, 1.165) is 38.5 Å². The molecule has 0 bridgehead atoms. The second-order valence-electron chi connectivity index (χ2n) is 12.8. The average Bonchev–Trinajstić information content (AvgIpc) is 2.97. The molecule has 30 heavy (non-hydrogen) atoms. The topological polar surface area (TPSA) is 52.6 Å². The number of Topliss-reactive ketones (excluding diaryl/α,β-unsaturated/α-hetero) is 2. The van der Waals surface area contributed by atoms with Crippen molar-refractivity contribution >= 4 is 18.7 Å². The highest BCUT2D eigenvalue weighted by atomic mass is 16.6. The van der Waals surface area contributed by atoms with Crippen LogP contribution < -0.4 is 0 Å². The first-order valence-electron chi connectivity index (χ1n) is 12.4. The molecule has 1 saturated heterocycles. The monoisotopic (exact) mass is 414 g/mol. The van der Waals surface area contributed by atoms with Crippen molar-refractivity contribution in [1.82, 2.24) is 0 Å². The Balaban J connectivity index is 1.46. The number of carbonyl (C=O) groups excluding carboxylic acids is 2. The van der Waals surface area contributed by atoms with Gasteiger partial charge in [-0.2, -0.15) is 0 Å². The molecule has 166 valence electrons. The van der Waals surface area contributed by atoms with Crippen molar-refractivity contribution in [2.24, 2.45) is 34.5 Å². The van der Waals surface area contributed by atoms with Gasteiger partial charge in [0.05, 0.1) is 6.61 Å². The average molecular weight is 414 g/mol. The molecule has 4 saturated carbocycles. The van der Waals surface area contributed by atoms with Gasteiger partial charge in [-0.3, -0.25) is 9.59 Å². The van der Waals surface area contributed by atoms with Gasteiger partial charge in [0.25, 0.3) is 0 Å². The Morgan fingerprint density at radius 2 is 1.70 bits per heavy atom. The van der Waals surface area contributed by atoms with E-state index in [1.165, 1.54) is 19.3 Å². The second kappa shape index (κ2) is 6.67. The van der Waals surface area contributed by atoms with Gasteiger partial charge >= 0.3 is 7.12 Å². The minimum Gasteiger partial charge on any atom is -0.403 e. The van der Waals surface area contributed by atoms with Gasteiger partial charge in [-0.25, -0.2) is 0 Å². The maximum absolute atomic E-state index is 13.4. The highest BCUT2D eigenvalue weighted by Gasteiger charge is 2.69. The maximum atomic E-state index is 13.4. The number of hydrogen-bond donors (Lipinski definition) is 0. The molecular weight excluding hydrogens is 375 g/mol. The predicted molar refractivity (Wildman–Crippen MR) is 117 cm³/mol. The summed E-state index contributed by atoms with van der Waals surface area (Å²) in [4.78, 5) is 25.5. The lowest BCUT2D eigenvalue weighted by atomic mass is 9.44. The molecule has 5 rings (SSSR count). The third-order valence-corrected chi connectivity index (χ3v) is 10.4. The standard InChI is InChI=1S/C25H39BO4/c1-22(2,3)26-29-15-21(28)25(30-26)13-10-20-18-7-6-16-14-17(27)8-11-23(16,4)19(18)9-12-24(20,25)5/h16,18-20H,6-15H2,1-5H3/t16-,18-,19+,20+,23+,24+,25+/m1/s1. The highest BCUT2D eigenvalue weighted by molar-refractivity contribution is 6.49. The highest BCUT2D eigenvalue weighted by Crippen LogP contribution is 2.69. The van der Waals surface area contributed by atoms with E-state index in [1.807, 2.05) is 0 Å². The van der Waals surface area contributed by atoms with Gasteiger partial charge in [0.2, 0.25) is 0 Å². The van der Waals surface area contributed by atoms with E-state index in [2.05, 4.69) is 34.6 Å². The number of fused-ring (bicyclic) bond motifs is 6. The summed E-state index contributed by atoms with van der Waals surface area (Å²) in [6, 6.07) is 0. The van der Waals surface area contributed by atoms with Crippen molar-refractivity contribution in [3.63, 3.8) is 0 Å². The first-order valence-corrected chi connectivity index (χ1v) is 12.4. The summed E-state index contributed by atoms with van der Waals surface area (Å²) < 4.78 is 12.6. The van der Waals surface area contributed by atoms with Crippen LogP contribution in [0.25, 0.3) is 0 Å². The normalized spacial score (nSPS) is 49.0. The SMILES string of the molecule is CC(C)(C)B1OCC(=O)[C@]2(CC[C@H]3[C@@H]4CC[C@@H]5CC(=O)CC[C@]5(C)[C@H]4CC[C@@]32C)O1. The van der Waals surface area contributed by atoms with Crippen LogP contribution in [0.1, 0.15) is 92.4 Å². The molecule has 0 N–H and O–H groups in total. The van der Waals surface area contributed by atoms with Crippen LogP contribution in [0.5, 0.6) is 0 Å². The molecule has 4 aliphatic carbocycles. The van der Waals surface area contributed by atoms with Crippen molar-refractivity contribution in [3.05, 3.63) is 0 Å². The van der Waals surface area contributed by atoms with Crippen LogP contribution in [0.2, 0.25) is 5.31 Å². The first-order chi connectivity index (χ1) is 14.0. The fourth-order valence-corrected chi connectivity index (χ4v) is 8.67. The second-order valence-corrected chi connectivity index (χ2v) is 12.8. The van der Waals surface area contributed by atoms with Gasteiger partial charge < -0.3 is 9.31 Å². The number of carbonyl (C=O) groups is 2. The van der Waals surface area contributed by atoms with Gasteiger partial charge in [-0.1, -0.05) is 34.6 Å². The van der Waals surface area contributed by atoms with E-state index in [4.69, 9.17) is 9.31 Å². The molecular formula is C25H39BO4. The van der Waals surface area contributed by atoms with Crippen LogP contribution in [0.4, 0.5) is 0 Å². The van der Waals surface area contributed by atoms with Crippen LogP contribution in [0, 0.1) is 34.5 Å². The minimum atomic E-state index is -0.668. The van der Waals surface area contributed by atoms with Crippen molar-refractivity contribution in [1.29, 1.82) is 0 Å². The molecule has 1 spiro atoms. The molecule has 0 aromatic carbocycles. The molecule has 5 fully saturated rings. The lowest BCUT2D eigenvalue weighted by Crippen LogP contribution is -2.64. The van der Waals surface area contributed by atoms with Crippen LogP contribution in [0.15, 0.2) is 0 Å². The summed E-state index contributed by atoms with van der Waals surface area (Å²) in [6.45, 7) is 11.5. The molecule has 1 aliphatic heterocycles. The van der Waals surface area contributed by atoms with E-state index < -0.39 is 5.60 Å². The molecule has 5 heteroatoms. The molecule has 5 aliphatic rings. The largest absolute Gasteiger partial charge is 0.463 e. The van der Waals surface area contributed by atoms with E-state index in [1.54, 1.807) is 0 Å². The van der Waals surface area contributed by atoms with Gasteiger partial charge in [-0.15, -0.1) is 0 Å². The zero-order valence-electron chi connectivity index (χ0n) is 19.6. The fraction of sp³-hybridized carbons (Fsp3) is 0.920. The Kier molecular flexibility index (Phi) is 4.71. The van der Waals surface area contributed by atoms with Gasteiger partial charge in [0.15, 0.2) is 5.78 Å². The van der Waals surface area contributed by atoms with Crippen LogP contribution in [0.3, 0.4) is 0 Å². The third kappa shape index (κ3) is 2.73. The van der Waals surface area contributed by atoms with Gasteiger partial charge in [-0.05, 0) is 79.3 Å². The van der Waals surface area contributed by atoms with Gasteiger partial charge in [0.1, 0.15) is 11.4 Å². The van der Waals surface area contributed by atoms with Crippen molar-refractivity contribution in [2.75, 3.05) is 6.61 Å². The Labute approximate surface area is 182 Å². The molecule has 0 aromatic heterocycles. The predicted octanol–water partition coefficient (Wildman–Crippen LogP) is 5.24. The Morgan fingerprint density at radius 1 is 0.967 bits per heavy atom. The number of rotatable bonds is 0. The summed E-state index contributed by atoms with van der Waals surface area (Å²) in [5.74, 6) is 3.15. The van der Waals surface area contributed by atoms with Crippen molar-refractivity contribution in [3.8, 4) is 0 Å². The van der Waals surface area contributed by atoms with Crippen LogP contribution >= 0.6 is 0 Å². The van der Waals surface area contributed by atoms with E-state index in [-0.39, 0.29) is 30.2 Å². The third-order valence-electron chi connectivity index (χ3n) is 10.4. The minimum absolute atomic E-state index is 0.0911. The molecule has 7 atom stereocenters. The van der Waals surface area contributed by atoms with Gasteiger partial charge in [0, 0.05) is 18.3 Å². The molecule has 1 heterocycles. The Hall–Kier alpha value is -0.675. The van der Waals surface area contributed by atoms with Crippen molar-refractivity contribution < 1.29 is 18.9 Å². The van der Waals surface area contributed by atoms with Crippen LogP contribution in [-0.4, -0.2) is 30.9 Å². The fourth-order valence-electron chi connectivity index (χ4n) is 8.67. The quantitative estimate of drug-likeness (QED) is 0.509. The summed E-state index contributed by atoms with van der Waals surface area (Å²) >= 11 is 0. The summed E-state index contributed by atoms with van der Waals surface area (Å²) in [5, 5.41) is -0.139. The molecule has 0 amide bonds. The number of hydrogen-bond acceptors (Lipinski definition) is 4. The smallest absolute Gasteiger partial charge is 0.403 e.